The van der Waals surface area contributed by atoms with Gasteiger partial charge in [0, 0.05) is 42.7 Å². The van der Waals surface area contributed by atoms with Crippen LogP contribution in [-0.2, 0) is 4.74 Å². The Hall–Kier alpha value is -3.30. The van der Waals surface area contributed by atoms with Gasteiger partial charge in [0.05, 0.1) is 12.7 Å². The van der Waals surface area contributed by atoms with Gasteiger partial charge in [-0.1, -0.05) is 18.2 Å². The van der Waals surface area contributed by atoms with Gasteiger partial charge in [0.15, 0.2) is 5.76 Å². The van der Waals surface area contributed by atoms with Crippen LogP contribution >= 0.6 is 0 Å². The fraction of sp³-hybridized carbons (Fsp3) is 0.304. The standard InChI is InChI=1S/C23H23F2N3O4/c1-27-7-9-28(10-8-27)26-22(29)15-11-14(12-16(13-15)23(30)31-2)19-17-5-3-4-6-18(17)32-20(19)21(24)25/h3-6,11-13,21H,7-10H2,1-2H3,(H,26,29). The lowest BCUT2D eigenvalue weighted by Crippen LogP contribution is -2.52. The number of hydrazine groups is 1. The molecule has 0 saturated carbocycles. The summed E-state index contributed by atoms with van der Waals surface area (Å²) in [6, 6.07) is 11.0. The van der Waals surface area contributed by atoms with Gasteiger partial charge in [-0.25, -0.2) is 18.6 Å². The number of benzene rings is 2. The van der Waals surface area contributed by atoms with Crippen LogP contribution in [0, 0.1) is 0 Å². The van der Waals surface area contributed by atoms with Crippen LogP contribution in [0.4, 0.5) is 8.78 Å². The number of hydrogen-bond donors (Lipinski definition) is 1. The third-order valence-electron chi connectivity index (χ3n) is 5.49. The third kappa shape index (κ3) is 4.35. The molecular weight excluding hydrogens is 420 g/mol. The fourth-order valence-corrected chi connectivity index (χ4v) is 3.78. The smallest absolute Gasteiger partial charge is 0.337 e. The summed E-state index contributed by atoms with van der Waals surface area (Å²) in [4.78, 5) is 27.4. The lowest BCUT2D eigenvalue weighted by molar-refractivity contribution is 0.0600. The topological polar surface area (TPSA) is 75.0 Å². The van der Waals surface area contributed by atoms with Crippen LogP contribution in [0.25, 0.3) is 22.1 Å². The Morgan fingerprint density at radius 1 is 1.06 bits per heavy atom. The summed E-state index contributed by atoms with van der Waals surface area (Å²) in [6.45, 7) is 2.89. The molecule has 0 radical (unpaired) electrons. The number of carbonyl (C=O) groups excluding carboxylic acids is 2. The first-order chi connectivity index (χ1) is 15.4. The molecule has 1 N–H and O–H groups in total. The molecule has 1 aliphatic heterocycles. The number of piperazine rings is 1. The van der Waals surface area contributed by atoms with Crippen molar-refractivity contribution in [3.05, 3.63) is 59.4 Å². The number of methoxy groups -OCH3 is 1. The number of carbonyl (C=O) groups is 2. The van der Waals surface area contributed by atoms with Crippen LogP contribution in [0.1, 0.15) is 32.9 Å². The molecular formula is C23H23F2N3O4. The molecule has 1 amide bonds. The molecule has 4 rings (SSSR count). The van der Waals surface area contributed by atoms with E-state index < -0.39 is 24.1 Å². The monoisotopic (exact) mass is 443 g/mol. The molecule has 0 spiro atoms. The second-order valence-electron chi connectivity index (χ2n) is 7.66. The Morgan fingerprint density at radius 3 is 2.44 bits per heavy atom. The van der Waals surface area contributed by atoms with Crippen molar-refractivity contribution in [3.63, 3.8) is 0 Å². The van der Waals surface area contributed by atoms with E-state index in [0.717, 1.165) is 13.1 Å². The van der Waals surface area contributed by atoms with E-state index in [1.165, 1.54) is 25.3 Å². The van der Waals surface area contributed by atoms with Gasteiger partial charge in [-0.3, -0.25) is 10.2 Å². The predicted molar refractivity (Wildman–Crippen MR) is 114 cm³/mol. The summed E-state index contributed by atoms with van der Waals surface area (Å²) in [5.41, 5.74) is 3.79. The number of fused-ring (bicyclic) bond motifs is 1. The van der Waals surface area contributed by atoms with Gasteiger partial charge in [0.25, 0.3) is 12.3 Å². The SMILES string of the molecule is COC(=O)c1cc(C(=O)NN2CCN(C)CC2)cc(-c2c(C(F)F)oc3ccccc23)c1. The van der Waals surface area contributed by atoms with Crippen LogP contribution in [0.3, 0.4) is 0 Å². The number of halogens is 2. The van der Waals surface area contributed by atoms with Crippen molar-refractivity contribution in [3.8, 4) is 11.1 Å². The van der Waals surface area contributed by atoms with Crippen molar-refractivity contribution in [2.45, 2.75) is 6.43 Å². The van der Waals surface area contributed by atoms with Gasteiger partial charge < -0.3 is 14.1 Å². The molecule has 2 heterocycles. The Labute approximate surface area is 183 Å². The molecule has 168 valence electrons. The number of hydrogen-bond acceptors (Lipinski definition) is 6. The van der Waals surface area contributed by atoms with Crippen molar-refractivity contribution in [1.29, 1.82) is 0 Å². The lowest BCUT2D eigenvalue weighted by Gasteiger charge is -2.32. The number of ether oxygens (including phenoxy) is 1. The van der Waals surface area contributed by atoms with E-state index in [1.807, 2.05) is 7.05 Å². The highest BCUT2D eigenvalue weighted by molar-refractivity contribution is 6.02. The zero-order valence-electron chi connectivity index (χ0n) is 17.7. The summed E-state index contributed by atoms with van der Waals surface area (Å²) >= 11 is 0. The van der Waals surface area contributed by atoms with Crippen LogP contribution in [0.5, 0.6) is 0 Å². The second-order valence-corrected chi connectivity index (χ2v) is 7.66. The van der Waals surface area contributed by atoms with E-state index in [2.05, 4.69) is 10.3 Å². The summed E-state index contributed by atoms with van der Waals surface area (Å²) in [7, 11) is 3.22. The molecule has 0 aliphatic carbocycles. The zero-order valence-corrected chi connectivity index (χ0v) is 17.7. The summed E-state index contributed by atoms with van der Waals surface area (Å²) in [5.74, 6) is -1.63. The molecule has 1 aliphatic rings. The van der Waals surface area contributed by atoms with Gasteiger partial charge in [-0.15, -0.1) is 0 Å². The number of amides is 1. The van der Waals surface area contributed by atoms with Crippen LogP contribution in [0.15, 0.2) is 46.9 Å². The first-order valence-electron chi connectivity index (χ1n) is 10.1. The van der Waals surface area contributed by atoms with E-state index in [4.69, 9.17) is 9.15 Å². The van der Waals surface area contributed by atoms with Crippen LogP contribution in [0.2, 0.25) is 0 Å². The Kier molecular flexibility index (Phi) is 6.20. The number of rotatable bonds is 5. The highest BCUT2D eigenvalue weighted by atomic mass is 19.3. The molecule has 1 saturated heterocycles. The highest BCUT2D eigenvalue weighted by Crippen LogP contribution is 2.40. The number of alkyl halides is 2. The fourth-order valence-electron chi connectivity index (χ4n) is 3.78. The first-order valence-corrected chi connectivity index (χ1v) is 10.1. The van der Waals surface area contributed by atoms with Crippen molar-refractivity contribution in [1.82, 2.24) is 15.3 Å². The third-order valence-corrected chi connectivity index (χ3v) is 5.49. The largest absolute Gasteiger partial charge is 0.465 e. The quantitative estimate of drug-likeness (QED) is 0.606. The maximum atomic E-state index is 13.8. The molecule has 2 aromatic carbocycles. The minimum absolute atomic E-state index is 0.0824. The predicted octanol–water partition coefficient (Wildman–Crippen LogP) is 3.72. The number of para-hydroxylation sites is 1. The molecule has 9 heteroatoms. The molecule has 0 atom stereocenters. The van der Waals surface area contributed by atoms with E-state index >= 15 is 0 Å². The molecule has 3 aromatic rings. The number of esters is 1. The highest BCUT2D eigenvalue weighted by Gasteiger charge is 2.25. The van der Waals surface area contributed by atoms with Crippen LogP contribution in [-0.4, -0.2) is 62.1 Å². The maximum Gasteiger partial charge on any atom is 0.337 e. The minimum atomic E-state index is -2.87. The molecule has 7 nitrogen and oxygen atoms in total. The van der Waals surface area contributed by atoms with Crippen LogP contribution < -0.4 is 5.43 Å². The van der Waals surface area contributed by atoms with Gasteiger partial charge in [-0.2, -0.15) is 0 Å². The van der Waals surface area contributed by atoms with Gasteiger partial charge in [-0.05, 0) is 36.9 Å². The first kappa shape index (κ1) is 21.9. The van der Waals surface area contributed by atoms with Crippen molar-refractivity contribution in [2.24, 2.45) is 0 Å². The van der Waals surface area contributed by atoms with Crippen molar-refractivity contribution < 1.29 is 27.5 Å². The normalized spacial score (nSPS) is 15.3. The number of furan rings is 1. The van der Waals surface area contributed by atoms with Gasteiger partial charge >= 0.3 is 5.97 Å². The second kappa shape index (κ2) is 9.05. The molecule has 0 bridgehead atoms. The molecule has 0 unspecified atom stereocenters. The van der Waals surface area contributed by atoms with E-state index in [1.54, 1.807) is 29.3 Å². The average molecular weight is 443 g/mol. The number of nitrogens with one attached hydrogen (secondary N) is 1. The average Bonchev–Trinajstić information content (AvgIpc) is 3.20. The summed E-state index contributed by atoms with van der Waals surface area (Å²) in [5, 5.41) is 2.26. The summed E-state index contributed by atoms with van der Waals surface area (Å²) < 4.78 is 37.8. The van der Waals surface area contributed by atoms with E-state index in [0.29, 0.717) is 24.1 Å². The number of nitrogens with zero attached hydrogens (tertiary/aromatic N) is 2. The Bertz CT molecular complexity index is 1150. The van der Waals surface area contributed by atoms with E-state index in [9.17, 15) is 18.4 Å². The maximum absolute atomic E-state index is 13.8. The van der Waals surface area contributed by atoms with Gasteiger partial charge in [0.2, 0.25) is 0 Å². The van der Waals surface area contributed by atoms with E-state index in [-0.39, 0.29) is 22.3 Å². The molecule has 1 aromatic heterocycles. The zero-order chi connectivity index (χ0) is 22.8. The molecule has 1 fully saturated rings. The van der Waals surface area contributed by atoms with Crippen molar-refractivity contribution >= 4 is 22.8 Å². The van der Waals surface area contributed by atoms with Crippen molar-refractivity contribution in [2.75, 3.05) is 40.3 Å². The Morgan fingerprint density at radius 2 is 1.75 bits per heavy atom. The van der Waals surface area contributed by atoms with Gasteiger partial charge in [0.1, 0.15) is 5.58 Å². The molecule has 32 heavy (non-hydrogen) atoms. The summed E-state index contributed by atoms with van der Waals surface area (Å²) in [6.07, 6.45) is -2.87. The Balaban J connectivity index is 1.78. The minimum Gasteiger partial charge on any atom is -0.465 e. The lowest BCUT2D eigenvalue weighted by atomic mass is 9.97. The number of likely N-dealkylation sites (N-methyl/N-ethyl adjacent to an activating group) is 1.